The maximum atomic E-state index is 13.2. The Morgan fingerprint density at radius 3 is 2.18 bits per heavy atom. The molecule has 2 aromatic rings. The normalized spacial score (nSPS) is 17.9. The molecule has 6 nitrogen and oxygen atoms in total. The maximum Gasteiger partial charge on any atom is 0.257 e. The number of benzene rings is 1. The number of aryl methyl sites for hydroxylation is 1. The third-order valence-corrected chi connectivity index (χ3v) is 6.09. The minimum atomic E-state index is 0.0187. The summed E-state index contributed by atoms with van der Waals surface area (Å²) < 4.78 is 1.84. The number of nitrogens with zero attached hydrogens (tertiary/aromatic N) is 4. The van der Waals surface area contributed by atoms with Crippen LogP contribution in [-0.2, 0) is 4.79 Å². The van der Waals surface area contributed by atoms with Gasteiger partial charge in [0.1, 0.15) is 0 Å². The molecule has 0 unspecified atom stereocenters. The van der Waals surface area contributed by atoms with Crippen molar-refractivity contribution in [2.24, 2.45) is 5.92 Å². The Kier molecular flexibility index (Phi) is 5.20. The second-order valence-corrected chi connectivity index (χ2v) is 7.89. The van der Waals surface area contributed by atoms with Crippen LogP contribution in [0, 0.1) is 19.8 Å². The molecule has 6 heteroatoms. The van der Waals surface area contributed by atoms with Crippen LogP contribution in [0.4, 0.5) is 0 Å². The molecule has 1 saturated heterocycles. The molecule has 1 aliphatic heterocycles. The molecule has 0 atom stereocenters. The van der Waals surface area contributed by atoms with Gasteiger partial charge in [-0.05, 0) is 38.8 Å². The fraction of sp³-hybridized carbons (Fsp3) is 0.500. The quantitative estimate of drug-likeness (QED) is 0.823. The monoisotopic (exact) mass is 380 g/mol. The Morgan fingerprint density at radius 1 is 0.929 bits per heavy atom. The highest BCUT2D eigenvalue weighted by Crippen LogP contribution is 2.27. The molecular weight excluding hydrogens is 352 g/mol. The Balaban J connectivity index is 1.46. The summed E-state index contributed by atoms with van der Waals surface area (Å²) in [5, 5.41) is 4.60. The van der Waals surface area contributed by atoms with Gasteiger partial charge in [-0.1, -0.05) is 31.0 Å². The van der Waals surface area contributed by atoms with E-state index in [1.165, 1.54) is 12.8 Å². The molecule has 0 bridgehead atoms. The maximum absolute atomic E-state index is 13.2. The third-order valence-electron chi connectivity index (χ3n) is 6.09. The highest BCUT2D eigenvalue weighted by Gasteiger charge is 2.32. The van der Waals surface area contributed by atoms with Crippen molar-refractivity contribution in [3.05, 3.63) is 47.3 Å². The largest absolute Gasteiger partial charge is 0.339 e. The summed E-state index contributed by atoms with van der Waals surface area (Å²) in [5.74, 6) is 0.509. The fourth-order valence-electron chi connectivity index (χ4n) is 4.49. The van der Waals surface area contributed by atoms with E-state index >= 15 is 0 Å². The first-order chi connectivity index (χ1) is 13.6. The third kappa shape index (κ3) is 3.43. The molecule has 1 aliphatic carbocycles. The standard InChI is InChI=1S/C22H28N4O2/c1-16-20(17(2)26(23-16)19-10-4-3-5-11-19)22(28)25-14-12-24(13-15-25)21(27)18-8-6-7-9-18/h3-5,10-11,18H,6-9,12-15H2,1-2H3. The van der Waals surface area contributed by atoms with Crippen molar-refractivity contribution in [2.75, 3.05) is 26.2 Å². The summed E-state index contributed by atoms with van der Waals surface area (Å²) in [4.78, 5) is 29.6. The molecule has 2 aliphatic rings. The van der Waals surface area contributed by atoms with Gasteiger partial charge in [0.25, 0.3) is 5.91 Å². The van der Waals surface area contributed by atoms with Gasteiger partial charge >= 0.3 is 0 Å². The molecule has 2 amide bonds. The smallest absolute Gasteiger partial charge is 0.257 e. The second-order valence-electron chi connectivity index (χ2n) is 7.89. The molecule has 2 heterocycles. The molecule has 28 heavy (non-hydrogen) atoms. The number of aromatic nitrogens is 2. The van der Waals surface area contributed by atoms with Crippen LogP contribution in [0.1, 0.15) is 47.4 Å². The van der Waals surface area contributed by atoms with Crippen molar-refractivity contribution < 1.29 is 9.59 Å². The van der Waals surface area contributed by atoms with E-state index in [1.807, 2.05) is 58.7 Å². The number of rotatable bonds is 3. The molecular formula is C22H28N4O2. The zero-order valence-electron chi connectivity index (χ0n) is 16.7. The number of carbonyl (C=O) groups is 2. The van der Waals surface area contributed by atoms with Crippen LogP contribution < -0.4 is 0 Å². The lowest BCUT2D eigenvalue weighted by Crippen LogP contribution is -2.51. The zero-order valence-corrected chi connectivity index (χ0v) is 16.7. The van der Waals surface area contributed by atoms with E-state index in [2.05, 4.69) is 5.10 Å². The van der Waals surface area contributed by atoms with Crippen LogP contribution >= 0.6 is 0 Å². The van der Waals surface area contributed by atoms with Crippen molar-refractivity contribution >= 4 is 11.8 Å². The molecule has 0 N–H and O–H groups in total. The first kappa shape index (κ1) is 18.7. The van der Waals surface area contributed by atoms with Crippen molar-refractivity contribution in [3.63, 3.8) is 0 Å². The Morgan fingerprint density at radius 2 is 1.54 bits per heavy atom. The minimum Gasteiger partial charge on any atom is -0.339 e. The Labute approximate surface area is 166 Å². The van der Waals surface area contributed by atoms with Crippen LogP contribution in [0.15, 0.2) is 30.3 Å². The molecule has 1 aromatic carbocycles. The number of amides is 2. The van der Waals surface area contributed by atoms with Gasteiger partial charge in [0.05, 0.1) is 22.6 Å². The first-order valence-corrected chi connectivity index (χ1v) is 10.3. The van der Waals surface area contributed by atoms with Crippen LogP contribution in [0.25, 0.3) is 5.69 Å². The van der Waals surface area contributed by atoms with E-state index in [-0.39, 0.29) is 17.7 Å². The Hall–Kier alpha value is -2.63. The number of piperazine rings is 1. The second kappa shape index (κ2) is 7.78. The first-order valence-electron chi connectivity index (χ1n) is 10.3. The summed E-state index contributed by atoms with van der Waals surface area (Å²) in [6.07, 6.45) is 4.38. The van der Waals surface area contributed by atoms with Gasteiger partial charge in [-0.2, -0.15) is 5.10 Å². The van der Waals surface area contributed by atoms with Crippen molar-refractivity contribution in [3.8, 4) is 5.69 Å². The SMILES string of the molecule is Cc1nn(-c2ccccc2)c(C)c1C(=O)N1CCN(C(=O)C2CCCC2)CC1. The van der Waals surface area contributed by atoms with E-state index in [0.29, 0.717) is 31.7 Å². The number of para-hydroxylation sites is 1. The van der Waals surface area contributed by atoms with Crippen molar-refractivity contribution in [2.45, 2.75) is 39.5 Å². The predicted octanol–water partition coefficient (Wildman–Crippen LogP) is 2.96. The molecule has 2 fully saturated rings. The van der Waals surface area contributed by atoms with Crippen molar-refractivity contribution in [1.82, 2.24) is 19.6 Å². The van der Waals surface area contributed by atoms with Crippen LogP contribution in [0.5, 0.6) is 0 Å². The molecule has 1 aromatic heterocycles. The molecule has 4 rings (SSSR count). The lowest BCUT2D eigenvalue weighted by atomic mass is 10.1. The van der Waals surface area contributed by atoms with Crippen LogP contribution in [0.2, 0.25) is 0 Å². The van der Waals surface area contributed by atoms with E-state index < -0.39 is 0 Å². The lowest BCUT2D eigenvalue weighted by Gasteiger charge is -2.36. The molecule has 0 radical (unpaired) electrons. The summed E-state index contributed by atoms with van der Waals surface area (Å²) >= 11 is 0. The minimum absolute atomic E-state index is 0.0187. The predicted molar refractivity (Wildman–Crippen MR) is 107 cm³/mol. The topological polar surface area (TPSA) is 58.4 Å². The van der Waals surface area contributed by atoms with E-state index in [9.17, 15) is 9.59 Å². The van der Waals surface area contributed by atoms with Gasteiger partial charge in [0, 0.05) is 32.1 Å². The van der Waals surface area contributed by atoms with E-state index in [4.69, 9.17) is 0 Å². The molecule has 0 spiro atoms. The fourth-order valence-corrected chi connectivity index (χ4v) is 4.49. The summed E-state index contributed by atoms with van der Waals surface area (Å²) in [6, 6.07) is 9.87. The van der Waals surface area contributed by atoms with Crippen LogP contribution in [0.3, 0.4) is 0 Å². The van der Waals surface area contributed by atoms with Gasteiger partial charge in [0.15, 0.2) is 0 Å². The van der Waals surface area contributed by atoms with E-state index in [1.54, 1.807) is 0 Å². The van der Waals surface area contributed by atoms with Gasteiger partial charge in [-0.15, -0.1) is 0 Å². The van der Waals surface area contributed by atoms with Gasteiger partial charge in [-0.3, -0.25) is 9.59 Å². The number of hydrogen-bond acceptors (Lipinski definition) is 3. The zero-order chi connectivity index (χ0) is 19.7. The van der Waals surface area contributed by atoms with E-state index in [0.717, 1.165) is 29.9 Å². The molecule has 1 saturated carbocycles. The lowest BCUT2D eigenvalue weighted by molar-refractivity contribution is -0.136. The summed E-state index contributed by atoms with van der Waals surface area (Å²) in [7, 11) is 0. The van der Waals surface area contributed by atoms with Crippen molar-refractivity contribution in [1.29, 1.82) is 0 Å². The highest BCUT2D eigenvalue weighted by molar-refractivity contribution is 5.96. The molecule has 148 valence electrons. The summed E-state index contributed by atoms with van der Waals surface area (Å²) in [5.41, 5.74) is 3.24. The number of hydrogen-bond donors (Lipinski definition) is 0. The van der Waals surface area contributed by atoms with Gasteiger partial charge in [0.2, 0.25) is 5.91 Å². The average molecular weight is 380 g/mol. The number of carbonyl (C=O) groups excluding carboxylic acids is 2. The van der Waals surface area contributed by atoms with Gasteiger partial charge < -0.3 is 9.80 Å². The Bertz CT molecular complexity index is 860. The highest BCUT2D eigenvalue weighted by atomic mass is 16.2. The summed E-state index contributed by atoms with van der Waals surface area (Å²) in [6.45, 7) is 6.27. The van der Waals surface area contributed by atoms with Gasteiger partial charge in [-0.25, -0.2) is 4.68 Å². The van der Waals surface area contributed by atoms with Crippen LogP contribution in [-0.4, -0.2) is 57.6 Å². The average Bonchev–Trinajstić information content (AvgIpc) is 3.36.